The third kappa shape index (κ3) is 2.66. The van der Waals surface area contributed by atoms with E-state index in [9.17, 15) is 4.39 Å². The molecule has 0 bridgehead atoms. The van der Waals surface area contributed by atoms with Crippen molar-refractivity contribution in [2.45, 2.75) is 25.3 Å². The molecule has 2 aromatic carbocycles. The lowest BCUT2D eigenvalue weighted by Gasteiger charge is -2.27. The highest BCUT2D eigenvalue weighted by atomic mass is 79.9. The number of hydrogen-bond donors (Lipinski definition) is 1. The maximum absolute atomic E-state index is 13.8. The molecule has 2 aromatic rings. The molecule has 1 aliphatic rings. The van der Waals surface area contributed by atoms with Gasteiger partial charge in [-0.1, -0.05) is 30.3 Å². The monoisotopic (exact) mass is 319 g/mol. The molecule has 0 amide bonds. The maximum atomic E-state index is 13.8. The van der Waals surface area contributed by atoms with Gasteiger partial charge in [0.1, 0.15) is 5.82 Å². The van der Waals surface area contributed by atoms with Crippen LogP contribution in [0.1, 0.15) is 17.5 Å². The van der Waals surface area contributed by atoms with Gasteiger partial charge < -0.3 is 5.32 Å². The minimum atomic E-state index is -0.201. The highest BCUT2D eigenvalue weighted by Crippen LogP contribution is 2.29. The van der Waals surface area contributed by atoms with Crippen LogP contribution in [0, 0.1) is 5.82 Å². The van der Waals surface area contributed by atoms with E-state index in [1.54, 1.807) is 6.07 Å². The zero-order valence-corrected chi connectivity index (χ0v) is 12.1. The molecule has 19 heavy (non-hydrogen) atoms. The first kappa shape index (κ1) is 12.7. The maximum Gasteiger partial charge on any atom is 0.147 e. The molecular formula is C16H15BrFN. The van der Waals surface area contributed by atoms with Gasteiger partial charge in [0, 0.05) is 10.5 Å². The van der Waals surface area contributed by atoms with Gasteiger partial charge in [-0.2, -0.15) is 0 Å². The molecule has 0 heterocycles. The van der Waals surface area contributed by atoms with Gasteiger partial charge in [-0.3, -0.25) is 0 Å². The molecule has 1 nitrogen and oxygen atoms in total. The highest BCUT2D eigenvalue weighted by molar-refractivity contribution is 9.10. The fourth-order valence-corrected chi connectivity index (χ4v) is 3.12. The molecule has 0 radical (unpaired) electrons. The van der Waals surface area contributed by atoms with Crippen molar-refractivity contribution in [1.82, 2.24) is 0 Å². The smallest absolute Gasteiger partial charge is 0.147 e. The van der Waals surface area contributed by atoms with Crippen LogP contribution in [-0.2, 0) is 12.8 Å². The number of halogens is 2. The van der Waals surface area contributed by atoms with E-state index in [0.29, 0.717) is 11.7 Å². The van der Waals surface area contributed by atoms with Crippen molar-refractivity contribution in [3.05, 3.63) is 63.9 Å². The molecule has 1 N–H and O–H groups in total. The standard InChI is InChI=1S/C16H15BrFN/c17-14-6-3-7-15(18)16(14)19-13-9-8-11-4-1-2-5-12(11)10-13/h1-7,13,19H,8-10H2. The first-order chi connectivity index (χ1) is 9.24. The molecule has 0 saturated carbocycles. The summed E-state index contributed by atoms with van der Waals surface area (Å²) in [5, 5.41) is 3.34. The molecule has 1 unspecified atom stereocenters. The number of para-hydroxylation sites is 1. The van der Waals surface area contributed by atoms with Gasteiger partial charge in [-0.25, -0.2) is 4.39 Å². The van der Waals surface area contributed by atoms with E-state index in [-0.39, 0.29) is 5.82 Å². The summed E-state index contributed by atoms with van der Waals surface area (Å²) in [7, 11) is 0. The van der Waals surface area contributed by atoms with Crippen LogP contribution >= 0.6 is 15.9 Å². The van der Waals surface area contributed by atoms with Crippen molar-refractivity contribution in [2.75, 3.05) is 5.32 Å². The van der Waals surface area contributed by atoms with E-state index in [1.807, 2.05) is 6.07 Å². The van der Waals surface area contributed by atoms with Crippen molar-refractivity contribution in [2.24, 2.45) is 0 Å². The van der Waals surface area contributed by atoms with Crippen LogP contribution in [0.4, 0.5) is 10.1 Å². The van der Waals surface area contributed by atoms with Gasteiger partial charge in [-0.15, -0.1) is 0 Å². The van der Waals surface area contributed by atoms with E-state index in [2.05, 4.69) is 45.5 Å². The molecule has 3 rings (SSSR count). The van der Waals surface area contributed by atoms with Crippen LogP contribution in [-0.4, -0.2) is 6.04 Å². The first-order valence-electron chi connectivity index (χ1n) is 6.51. The molecule has 1 atom stereocenters. The van der Waals surface area contributed by atoms with Crippen molar-refractivity contribution < 1.29 is 4.39 Å². The second kappa shape index (κ2) is 5.33. The van der Waals surface area contributed by atoms with E-state index >= 15 is 0 Å². The van der Waals surface area contributed by atoms with Crippen molar-refractivity contribution >= 4 is 21.6 Å². The minimum Gasteiger partial charge on any atom is -0.379 e. The van der Waals surface area contributed by atoms with E-state index < -0.39 is 0 Å². The lowest BCUT2D eigenvalue weighted by molar-refractivity contribution is 0.591. The lowest BCUT2D eigenvalue weighted by atomic mass is 9.88. The first-order valence-corrected chi connectivity index (χ1v) is 7.30. The predicted octanol–water partition coefficient (Wildman–Crippen LogP) is 4.56. The summed E-state index contributed by atoms with van der Waals surface area (Å²) >= 11 is 3.40. The van der Waals surface area contributed by atoms with Crippen LogP contribution in [0.25, 0.3) is 0 Å². The number of aryl methyl sites for hydroxylation is 1. The van der Waals surface area contributed by atoms with E-state index in [1.165, 1.54) is 17.2 Å². The highest BCUT2D eigenvalue weighted by Gasteiger charge is 2.19. The minimum absolute atomic E-state index is 0.201. The number of hydrogen-bond acceptors (Lipinski definition) is 1. The Bertz CT molecular complexity index is 577. The molecule has 0 aromatic heterocycles. The van der Waals surface area contributed by atoms with E-state index in [0.717, 1.165) is 23.7 Å². The van der Waals surface area contributed by atoms with Gasteiger partial charge in [0.25, 0.3) is 0 Å². The molecule has 0 spiro atoms. The zero-order valence-electron chi connectivity index (χ0n) is 10.5. The summed E-state index contributed by atoms with van der Waals surface area (Å²) in [4.78, 5) is 0. The molecule has 0 aliphatic heterocycles. The zero-order chi connectivity index (χ0) is 13.2. The Hall–Kier alpha value is -1.35. The van der Waals surface area contributed by atoms with Gasteiger partial charge in [0.15, 0.2) is 0 Å². The third-order valence-electron chi connectivity index (χ3n) is 3.66. The van der Waals surface area contributed by atoms with Crippen LogP contribution in [0.15, 0.2) is 46.9 Å². The molecule has 0 fully saturated rings. The largest absolute Gasteiger partial charge is 0.379 e. The molecular weight excluding hydrogens is 305 g/mol. The SMILES string of the molecule is Fc1cccc(Br)c1NC1CCc2ccccc2C1. The number of benzene rings is 2. The second-order valence-corrected chi connectivity index (χ2v) is 5.80. The van der Waals surface area contributed by atoms with Crippen LogP contribution in [0.2, 0.25) is 0 Å². The number of fused-ring (bicyclic) bond motifs is 1. The van der Waals surface area contributed by atoms with Crippen molar-refractivity contribution in [3.63, 3.8) is 0 Å². The van der Waals surface area contributed by atoms with Gasteiger partial charge in [-0.05, 0) is 58.5 Å². The van der Waals surface area contributed by atoms with Gasteiger partial charge >= 0.3 is 0 Å². The summed E-state index contributed by atoms with van der Waals surface area (Å²) in [6.07, 6.45) is 3.05. The number of anilines is 1. The Morgan fingerprint density at radius 2 is 1.84 bits per heavy atom. The van der Waals surface area contributed by atoms with Gasteiger partial charge in [0.05, 0.1) is 5.69 Å². The summed E-state index contributed by atoms with van der Waals surface area (Å²) in [6, 6.07) is 13.9. The topological polar surface area (TPSA) is 12.0 Å². The number of nitrogens with one attached hydrogen (secondary N) is 1. The summed E-state index contributed by atoms with van der Waals surface area (Å²) in [5.74, 6) is -0.201. The molecule has 1 aliphatic carbocycles. The Morgan fingerprint density at radius 1 is 1.05 bits per heavy atom. The summed E-state index contributed by atoms with van der Waals surface area (Å²) < 4.78 is 14.6. The Kier molecular flexibility index (Phi) is 3.56. The fraction of sp³-hybridized carbons (Fsp3) is 0.250. The molecule has 0 saturated heterocycles. The molecule has 3 heteroatoms. The Labute approximate surface area is 121 Å². The average molecular weight is 320 g/mol. The Morgan fingerprint density at radius 3 is 2.63 bits per heavy atom. The second-order valence-electron chi connectivity index (χ2n) is 4.95. The van der Waals surface area contributed by atoms with Crippen LogP contribution < -0.4 is 5.32 Å². The Balaban J connectivity index is 1.79. The third-order valence-corrected chi connectivity index (χ3v) is 4.32. The normalized spacial score (nSPS) is 17.9. The average Bonchev–Trinajstić information content (AvgIpc) is 2.43. The van der Waals surface area contributed by atoms with Crippen LogP contribution in [0.5, 0.6) is 0 Å². The quantitative estimate of drug-likeness (QED) is 0.855. The fourth-order valence-electron chi connectivity index (χ4n) is 2.66. The summed E-state index contributed by atoms with van der Waals surface area (Å²) in [6.45, 7) is 0. The number of rotatable bonds is 2. The predicted molar refractivity (Wildman–Crippen MR) is 80.0 cm³/mol. The lowest BCUT2D eigenvalue weighted by Crippen LogP contribution is -2.27. The van der Waals surface area contributed by atoms with Crippen molar-refractivity contribution in [3.8, 4) is 0 Å². The molecule has 98 valence electrons. The van der Waals surface area contributed by atoms with E-state index in [4.69, 9.17) is 0 Å². The van der Waals surface area contributed by atoms with Crippen LogP contribution in [0.3, 0.4) is 0 Å². The van der Waals surface area contributed by atoms with Gasteiger partial charge in [0.2, 0.25) is 0 Å². The van der Waals surface area contributed by atoms with Crippen molar-refractivity contribution in [1.29, 1.82) is 0 Å². The summed E-state index contributed by atoms with van der Waals surface area (Å²) in [5.41, 5.74) is 3.37.